The van der Waals surface area contributed by atoms with E-state index in [0.717, 1.165) is 34.1 Å². The van der Waals surface area contributed by atoms with Gasteiger partial charge in [-0.3, -0.25) is 5.10 Å². The highest BCUT2D eigenvalue weighted by atomic mass is 79.9. The quantitative estimate of drug-likeness (QED) is 0.880. The fourth-order valence-electron chi connectivity index (χ4n) is 2.77. The zero-order valence-corrected chi connectivity index (χ0v) is 13.6. The minimum atomic E-state index is -0.258. The molecular formula is C16H15BrN4O. The van der Waals surface area contributed by atoms with Crippen LogP contribution in [-0.2, 0) is 6.42 Å². The molecule has 1 aliphatic heterocycles. The highest BCUT2D eigenvalue weighted by Crippen LogP contribution is 2.43. The minimum Gasteiger partial charge on any atom is -0.420 e. The number of aryl methyl sites for hydroxylation is 1. The number of allylic oxidation sites excluding steroid dienone is 1. The lowest BCUT2D eigenvalue weighted by Gasteiger charge is -2.24. The predicted molar refractivity (Wildman–Crippen MR) is 86.0 cm³/mol. The van der Waals surface area contributed by atoms with E-state index in [9.17, 15) is 5.26 Å². The third-order valence-corrected chi connectivity index (χ3v) is 4.19. The summed E-state index contributed by atoms with van der Waals surface area (Å²) in [7, 11) is 0. The first-order valence-corrected chi connectivity index (χ1v) is 7.85. The molecule has 0 spiro atoms. The molecule has 22 heavy (non-hydrogen) atoms. The molecule has 0 aliphatic carbocycles. The molecule has 1 aromatic carbocycles. The van der Waals surface area contributed by atoms with Gasteiger partial charge in [0.25, 0.3) is 0 Å². The van der Waals surface area contributed by atoms with Crippen LogP contribution in [0, 0.1) is 11.3 Å². The van der Waals surface area contributed by atoms with Crippen LogP contribution in [0.4, 0.5) is 0 Å². The van der Waals surface area contributed by atoms with Gasteiger partial charge >= 0.3 is 0 Å². The Hall–Kier alpha value is -2.26. The van der Waals surface area contributed by atoms with Crippen molar-refractivity contribution in [3.05, 3.63) is 57.0 Å². The first-order chi connectivity index (χ1) is 10.7. The molecule has 5 nitrogen and oxygen atoms in total. The minimum absolute atomic E-state index is 0.120. The second kappa shape index (κ2) is 5.85. The maximum absolute atomic E-state index is 9.54. The number of aromatic nitrogens is 2. The summed E-state index contributed by atoms with van der Waals surface area (Å²) in [4.78, 5) is 0. The number of halogens is 1. The van der Waals surface area contributed by atoms with Crippen LogP contribution in [0.1, 0.15) is 36.1 Å². The average Bonchev–Trinajstić information content (AvgIpc) is 2.88. The number of nitrogens with one attached hydrogen (secondary N) is 1. The summed E-state index contributed by atoms with van der Waals surface area (Å²) in [6.45, 7) is 2.10. The number of rotatable bonds is 3. The fraction of sp³-hybridized carbons (Fsp3) is 0.250. The lowest BCUT2D eigenvalue weighted by molar-refractivity contribution is 0.378. The highest BCUT2D eigenvalue weighted by molar-refractivity contribution is 9.10. The van der Waals surface area contributed by atoms with E-state index in [1.54, 1.807) is 0 Å². The van der Waals surface area contributed by atoms with E-state index < -0.39 is 0 Å². The fourth-order valence-corrected chi connectivity index (χ4v) is 3.19. The standard InChI is InChI=1S/C16H15BrN4O/c1-2-4-12-14-13(9-5-3-6-10(17)7-9)11(8-18)15(19)22-16(14)21-20-12/h3,5-7,13H,2,4,19H2,1H3,(H,20,21)/t13-/m1/s1. The third-order valence-electron chi connectivity index (χ3n) is 3.70. The zero-order chi connectivity index (χ0) is 15.7. The first kappa shape index (κ1) is 14.7. The topological polar surface area (TPSA) is 87.7 Å². The molecule has 1 aliphatic rings. The predicted octanol–water partition coefficient (Wildman–Crippen LogP) is 3.34. The maximum Gasteiger partial charge on any atom is 0.244 e. The third kappa shape index (κ3) is 2.38. The number of fused-ring (bicyclic) bond motifs is 1. The number of aromatic amines is 1. The van der Waals surface area contributed by atoms with E-state index in [-0.39, 0.29) is 11.8 Å². The number of hydrogen-bond acceptors (Lipinski definition) is 4. The number of nitrogens with zero attached hydrogens (tertiary/aromatic N) is 2. The molecule has 0 saturated carbocycles. The van der Waals surface area contributed by atoms with Crippen LogP contribution in [0.3, 0.4) is 0 Å². The van der Waals surface area contributed by atoms with E-state index in [0.29, 0.717) is 11.5 Å². The van der Waals surface area contributed by atoms with Gasteiger partial charge in [-0.05, 0) is 24.1 Å². The Morgan fingerprint density at radius 2 is 2.32 bits per heavy atom. The molecule has 0 fully saturated rings. The van der Waals surface area contributed by atoms with Gasteiger partial charge < -0.3 is 10.5 Å². The van der Waals surface area contributed by atoms with E-state index in [1.165, 1.54) is 0 Å². The van der Waals surface area contributed by atoms with Crippen molar-refractivity contribution < 1.29 is 4.74 Å². The van der Waals surface area contributed by atoms with Crippen LogP contribution in [0.2, 0.25) is 0 Å². The monoisotopic (exact) mass is 358 g/mol. The molecule has 0 amide bonds. The zero-order valence-electron chi connectivity index (χ0n) is 12.1. The Kier molecular flexibility index (Phi) is 3.90. The number of hydrogen-bond donors (Lipinski definition) is 2. The number of ether oxygens (including phenoxy) is 1. The van der Waals surface area contributed by atoms with Crippen LogP contribution < -0.4 is 10.5 Å². The Morgan fingerprint density at radius 1 is 1.50 bits per heavy atom. The van der Waals surface area contributed by atoms with Gasteiger partial charge in [0.1, 0.15) is 11.6 Å². The lowest BCUT2D eigenvalue weighted by atomic mass is 9.83. The van der Waals surface area contributed by atoms with Crippen molar-refractivity contribution >= 4 is 15.9 Å². The van der Waals surface area contributed by atoms with Gasteiger partial charge in [0.15, 0.2) is 0 Å². The summed E-state index contributed by atoms with van der Waals surface area (Å²) in [6, 6.07) is 10.1. The van der Waals surface area contributed by atoms with Crippen LogP contribution in [0.15, 0.2) is 40.2 Å². The Bertz CT molecular complexity index is 788. The van der Waals surface area contributed by atoms with E-state index >= 15 is 0 Å². The van der Waals surface area contributed by atoms with Crippen molar-refractivity contribution in [3.8, 4) is 11.9 Å². The molecular weight excluding hydrogens is 344 g/mol. The van der Waals surface area contributed by atoms with Crippen LogP contribution in [0.25, 0.3) is 0 Å². The van der Waals surface area contributed by atoms with Gasteiger partial charge in [-0.1, -0.05) is 41.4 Å². The van der Waals surface area contributed by atoms with Crippen molar-refractivity contribution in [2.24, 2.45) is 5.73 Å². The molecule has 3 N–H and O–H groups in total. The molecule has 0 bridgehead atoms. The first-order valence-electron chi connectivity index (χ1n) is 7.05. The number of benzene rings is 1. The summed E-state index contributed by atoms with van der Waals surface area (Å²) in [5.41, 5.74) is 9.22. The molecule has 3 rings (SSSR count). The summed E-state index contributed by atoms with van der Waals surface area (Å²) in [5.74, 6) is 0.325. The largest absolute Gasteiger partial charge is 0.420 e. The second-order valence-corrected chi connectivity index (χ2v) is 6.07. The van der Waals surface area contributed by atoms with Crippen molar-refractivity contribution in [1.29, 1.82) is 5.26 Å². The molecule has 2 heterocycles. The van der Waals surface area contributed by atoms with Gasteiger partial charge in [-0.25, -0.2) is 0 Å². The molecule has 0 saturated heterocycles. The average molecular weight is 359 g/mol. The van der Waals surface area contributed by atoms with Gasteiger partial charge in [0, 0.05) is 15.7 Å². The summed E-state index contributed by atoms with van der Waals surface area (Å²) >= 11 is 3.48. The summed E-state index contributed by atoms with van der Waals surface area (Å²) in [5, 5.41) is 16.8. The normalized spacial score (nSPS) is 16.9. The smallest absolute Gasteiger partial charge is 0.244 e. The summed E-state index contributed by atoms with van der Waals surface area (Å²) in [6.07, 6.45) is 1.82. The second-order valence-electron chi connectivity index (χ2n) is 5.15. The van der Waals surface area contributed by atoms with Crippen molar-refractivity contribution in [1.82, 2.24) is 10.2 Å². The number of H-pyrrole nitrogens is 1. The molecule has 0 unspecified atom stereocenters. The summed E-state index contributed by atoms with van der Waals surface area (Å²) < 4.78 is 6.48. The maximum atomic E-state index is 9.54. The molecule has 2 aromatic rings. The van der Waals surface area contributed by atoms with Crippen molar-refractivity contribution in [2.45, 2.75) is 25.7 Å². The van der Waals surface area contributed by atoms with Crippen LogP contribution >= 0.6 is 15.9 Å². The Labute approximate surface area is 136 Å². The highest BCUT2D eigenvalue weighted by Gasteiger charge is 2.34. The number of nitrogens with two attached hydrogens (primary N) is 1. The Balaban J connectivity index is 2.21. The SMILES string of the molecule is CCCc1[nH]nc2c1[C@H](c1cccc(Br)c1)C(C#N)=C(N)O2. The lowest BCUT2D eigenvalue weighted by Crippen LogP contribution is -2.21. The van der Waals surface area contributed by atoms with Gasteiger partial charge in [0.05, 0.1) is 5.92 Å². The van der Waals surface area contributed by atoms with Gasteiger partial charge in [-0.15, -0.1) is 5.10 Å². The molecule has 6 heteroatoms. The number of nitriles is 1. The van der Waals surface area contributed by atoms with Crippen molar-refractivity contribution in [3.63, 3.8) is 0 Å². The van der Waals surface area contributed by atoms with E-state index in [4.69, 9.17) is 10.5 Å². The molecule has 112 valence electrons. The van der Waals surface area contributed by atoms with Crippen LogP contribution in [-0.4, -0.2) is 10.2 Å². The van der Waals surface area contributed by atoms with Crippen LogP contribution in [0.5, 0.6) is 5.88 Å². The Morgan fingerprint density at radius 3 is 3.00 bits per heavy atom. The van der Waals surface area contributed by atoms with Gasteiger partial charge in [0.2, 0.25) is 11.8 Å². The van der Waals surface area contributed by atoms with Crippen molar-refractivity contribution in [2.75, 3.05) is 0 Å². The van der Waals surface area contributed by atoms with Gasteiger partial charge in [-0.2, -0.15) is 5.26 Å². The molecule has 1 atom stereocenters. The molecule has 0 radical (unpaired) electrons. The van der Waals surface area contributed by atoms with E-state index in [1.807, 2.05) is 24.3 Å². The molecule has 1 aromatic heterocycles. The van der Waals surface area contributed by atoms with E-state index in [2.05, 4.69) is 39.1 Å².